The Morgan fingerprint density at radius 2 is 1.95 bits per heavy atom. The van der Waals surface area contributed by atoms with Gasteiger partial charge in [0, 0.05) is 12.6 Å². The average Bonchev–Trinajstić information content (AvgIpc) is 2.45. The number of rotatable bonds is 2. The molecule has 0 aromatic rings. The summed E-state index contributed by atoms with van der Waals surface area (Å²) in [5, 5.41) is 9.53. The van der Waals surface area contributed by atoms with Crippen LogP contribution in [0.3, 0.4) is 0 Å². The number of nitriles is 1. The fourth-order valence-electron chi connectivity index (χ4n) is 4.22. The summed E-state index contributed by atoms with van der Waals surface area (Å²) in [6, 6.07) is 3.14. The molecule has 0 bridgehead atoms. The summed E-state index contributed by atoms with van der Waals surface area (Å²) in [7, 11) is 0. The molecule has 0 aromatic carbocycles. The molecule has 114 valence electrons. The highest BCUT2D eigenvalue weighted by molar-refractivity contribution is 5.00. The molecule has 2 fully saturated rings. The molecule has 1 saturated heterocycles. The van der Waals surface area contributed by atoms with Crippen LogP contribution in [0.2, 0.25) is 0 Å². The van der Waals surface area contributed by atoms with Crippen LogP contribution in [0.5, 0.6) is 0 Å². The fourth-order valence-corrected chi connectivity index (χ4v) is 4.22. The second kappa shape index (κ2) is 6.48. The average molecular weight is 276 g/mol. The topological polar surface area (TPSA) is 27.0 Å². The van der Waals surface area contributed by atoms with Gasteiger partial charge in [-0.25, -0.2) is 0 Å². The summed E-state index contributed by atoms with van der Waals surface area (Å²) in [5.74, 6) is 1.90. The second-order valence-electron chi connectivity index (χ2n) is 8.09. The Hall–Kier alpha value is -0.550. The zero-order valence-corrected chi connectivity index (χ0v) is 13.9. The molecule has 0 aromatic heterocycles. The zero-order valence-electron chi connectivity index (χ0n) is 13.9. The first-order valence-corrected chi connectivity index (χ1v) is 8.59. The molecule has 0 spiro atoms. The van der Waals surface area contributed by atoms with Crippen LogP contribution in [0.15, 0.2) is 0 Å². The maximum absolute atomic E-state index is 9.53. The van der Waals surface area contributed by atoms with Crippen LogP contribution in [0.1, 0.15) is 66.2 Å². The summed E-state index contributed by atoms with van der Waals surface area (Å²) in [6.45, 7) is 11.9. The van der Waals surface area contributed by atoms with E-state index in [-0.39, 0.29) is 5.92 Å². The minimum absolute atomic E-state index is 0.268. The predicted molar refractivity (Wildman–Crippen MR) is 84.3 cm³/mol. The van der Waals surface area contributed by atoms with E-state index in [0.717, 1.165) is 18.3 Å². The molecule has 4 unspecified atom stereocenters. The van der Waals surface area contributed by atoms with Gasteiger partial charge in [0.1, 0.15) is 0 Å². The molecule has 2 heteroatoms. The van der Waals surface area contributed by atoms with Gasteiger partial charge in [-0.1, -0.05) is 34.1 Å². The van der Waals surface area contributed by atoms with Crippen LogP contribution in [0, 0.1) is 34.5 Å². The molecule has 2 aliphatic rings. The highest BCUT2D eigenvalue weighted by Crippen LogP contribution is 2.42. The van der Waals surface area contributed by atoms with Crippen molar-refractivity contribution in [3.8, 4) is 6.07 Å². The predicted octanol–water partition coefficient (Wildman–Crippen LogP) is 4.46. The SMILES string of the molecule is CCC1CCCN(C2CC(C(C)(C)C)CCC2C#N)C1. The normalized spacial score (nSPS) is 36.5. The van der Waals surface area contributed by atoms with Gasteiger partial charge >= 0.3 is 0 Å². The molecule has 1 aliphatic heterocycles. The summed E-state index contributed by atoms with van der Waals surface area (Å²) in [4.78, 5) is 2.67. The lowest BCUT2D eigenvalue weighted by Gasteiger charge is -2.46. The monoisotopic (exact) mass is 276 g/mol. The van der Waals surface area contributed by atoms with Gasteiger partial charge in [-0.05, 0) is 55.9 Å². The first-order chi connectivity index (χ1) is 9.45. The highest BCUT2D eigenvalue weighted by Gasteiger charge is 2.39. The molecule has 0 radical (unpaired) electrons. The van der Waals surface area contributed by atoms with Gasteiger partial charge in [-0.3, -0.25) is 4.90 Å². The van der Waals surface area contributed by atoms with Crippen molar-refractivity contribution in [1.82, 2.24) is 4.90 Å². The minimum Gasteiger partial charge on any atom is -0.299 e. The van der Waals surface area contributed by atoms with E-state index < -0.39 is 0 Å². The van der Waals surface area contributed by atoms with Gasteiger partial charge in [-0.2, -0.15) is 5.26 Å². The quantitative estimate of drug-likeness (QED) is 0.744. The van der Waals surface area contributed by atoms with Crippen molar-refractivity contribution >= 4 is 0 Å². The molecule has 0 N–H and O–H groups in total. The van der Waals surface area contributed by atoms with E-state index in [2.05, 4.69) is 38.7 Å². The van der Waals surface area contributed by atoms with E-state index in [4.69, 9.17) is 0 Å². The standard InChI is InChI=1S/C18H32N2/c1-5-14-7-6-10-20(13-14)17-11-16(18(2,3)4)9-8-15(17)12-19/h14-17H,5-11,13H2,1-4H3. The van der Waals surface area contributed by atoms with Gasteiger partial charge in [0.25, 0.3) is 0 Å². The smallest absolute Gasteiger partial charge is 0.0672 e. The molecule has 0 amide bonds. The maximum Gasteiger partial charge on any atom is 0.0672 e. The molecular formula is C18H32N2. The Labute approximate surface area is 125 Å². The van der Waals surface area contributed by atoms with Crippen molar-refractivity contribution in [3.05, 3.63) is 0 Å². The largest absolute Gasteiger partial charge is 0.299 e. The summed E-state index contributed by atoms with van der Waals surface area (Å²) < 4.78 is 0. The molecule has 2 rings (SSSR count). The molecular weight excluding hydrogens is 244 g/mol. The number of piperidine rings is 1. The first kappa shape index (κ1) is 15.8. The van der Waals surface area contributed by atoms with Crippen LogP contribution in [-0.2, 0) is 0 Å². The van der Waals surface area contributed by atoms with Gasteiger partial charge < -0.3 is 0 Å². The summed E-state index contributed by atoms with van der Waals surface area (Å²) in [5.41, 5.74) is 0.388. The van der Waals surface area contributed by atoms with Crippen molar-refractivity contribution < 1.29 is 0 Å². The molecule has 4 atom stereocenters. The molecule has 2 nitrogen and oxygen atoms in total. The Morgan fingerprint density at radius 3 is 2.55 bits per heavy atom. The Kier molecular flexibility index (Phi) is 5.13. The number of hydrogen-bond acceptors (Lipinski definition) is 2. The molecule has 1 aliphatic carbocycles. The maximum atomic E-state index is 9.53. The van der Waals surface area contributed by atoms with Crippen LogP contribution < -0.4 is 0 Å². The van der Waals surface area contributed by atoms with Crippen LogP contribution in [-0.4, -0.2) is 24.0 Å². The van der Waals surface area contributed by atoms with E-state index in [9.17, 15) is 5.26 Å². The van der Waals surface area contributed by atoms with E-state index in [1.807, 2.05) is 0 Å². The number of nitrogens with zero attached hydrogens (tertiary/aromatic N) is 2. The minimum atomic E-state index is 0.268. The van der Waals surface area contributed by atoms with E-state index in [0.29, 0.717) is 11.5 Å². The lowest BCUT2D eigenvalue weighted by atomic mass is 9.67. The third-order valence-electron chi connectivity index (χ3n) is 5.80. The Balaban J connectivity index is 2.07. The lowest BCUT2D eigenvalue weighted by Crippen LogP contribution is -2.49. The highest BCUT2D eigenvalue weighted by atomic mass is 15.2. The number of likely N-dealkylation sites (tertiary alicyclic amines) is 1. The van der Waals surface area contributed by atoms with Crippen LogP contribution in [0.4, 0.5) is 0 Å². The van der Waals surface area contributed by atoms with Crippen molar-refractivity contribution in [2.45, 2.75) is 72.3 Å². The third kappa shape index (κ3) is 3.55. The van der Waals surface area contributed by atoms with E-state index in [1.165, 1.54) is 45.2 Å². The second-order valence-corrected chi connectivity index (χ2v) is 8.09. The number of hydrogen-bond donors (Lipinski definition) is 0. The fraction of sp³-hybridized carbons (Fsp3) is 0.944. The van der Waals surface area contributed by atoms with E-state index >= 15 is 0 Å². The first-order valence-electron chi connectivity index (χ1n) is 8.59. The molecule has 1 heterocycles. The Morgan fingerprint density at radius 1 is 1.20 bits per heavy atom. The van der Waals surface area contributed by atoms with E-state index in [1.54, 1.807) is 0 Å². The van der Waals surface area contributed by atoms with Gasteiger partial charge in [-0.15, -0.1) is 0 Å². The van der Waals surface area contributed by atoms with Crippen molar-refractivity contribution in [3.63, 3.8) is 0 Å². The molecule has 20 heavy (non-hydrogen) atoms. The third-order valence-corrected chi connectivity index (χ3v) is 5.80. The lowest BCUT2D eigenvalue weighted by molar-refractivity contribution is 0.0339. The van der Waals surface area contributed by atoms with Gasteiger partial charge in [0.05, 0.1) is 12.0 Å². The van der Waals surface area contributed by atoms with Crippen molar-refractivity contribution in [1.29, 1.82) is 5.26 Å². The Bertz CT molecular complexity index is 349. The molecule has 1 saturated carbocycles. The van der Waals surface area contributed by atoms with Crippen molar-refractivity contribution in [2.75, 3.05) is 13.1 Å². The van der Waals surface area contributed by atoms with Gasteiger partial charge in [0.15, 0.2) is 0 Å². The summed E-state index contributed by atoms with van der Waals surface area (Å²) >= 11 is 0. The van der Waals surface area contributed by atoms with Crippen molar-refractivity contribution in [2.24, 2.45) is 23.2 Å². The van der Waals surface area contributed by atoms with Crippen LogP contribution in [0.25, 0.3) is 0 Å². The zero-order chi connectivity index (χ0) is 14.8. The van der Waals surface area contributed by atoms with Crippen LogP contribution >= 0.6 is 0 Å². The van der Waals surface area contributed by atoms with Gasteiger partial charge in [0.2, 0.25) is 0 Å². The summed E-state index contributed by atoms with van der Waals surface area (Å²) in [6.07, 6.45) is 7.59.